The van der Waals surface area contributed by atoms with Gasteiger partial charge in [0.2, 0.25) is 0 Å². The van der Waals surface area contributed by atoms with Crippen molar-refractivity contribution >= 4 is 13.6 Å². The summed E-state index contributed by atoms with van der Waals surface area (Å²) in [5.74, 6) is 0. The molecule has 0 saturated heterocycles. The predicted octanol–water partition coefficient (Wildman–Crippen LogP) is 0.816. The number of aryl methyl sites for hydroxylation is 1. The molecule has 4 heteroatoms. The average molecular weight is 204 g/mol. The normalized spacial score (nSPS) is 14.3. The van der Waals surface area contributed by atoms with Crippen molar-refractivity contribution in [3.8, 4) is 0 Å². The molecule has 3 nitrogen and oxygen atoms in total. The third kappa shape index (κ3) is 3.49. The van der Waals surface area contributed by atoms with Crippen LogP contribution in [0.1, 0.15) is 24.2 Å². The third-order valence-electron chi connectivity index (χ3n) is 2.32. The summed E-state index contributed by atoms with van der Waals surface area (Å²) >= 11 is 0. The second-order valence-corrected chi connectivity index (χ2v) is 3.61. The highest BCUT2D eigenvalue weighted by molar-refractivity contribution is 6.64. The zero-order chi connectivity index (χ0) is 11.3. The van der Waals surface area contributed by atoms with E-state index < -0.39 is 6.10 Å². The van der Waals surface area contributed by atoms with E-state index in [1.165, 1.54) is 7.41 Å². The van der Waals surface area contributed by atoms with Crippen LogP contribution in [0.15, 0.2) is 24.3 Å². The van der Waals surface area contributed by atoms with Crippen LogP contribution >= 0.6 is 0 Å². The Kier molecular flexibility index (Phi) is 4.53. The molecule has 0 saturated carbocycles. The molecular weight excluding hydrogens is 189 g/mol. The van der Waals surface area contributed by atoms with E-state index in [9.17, 15) is 9.90 Å². The van der Waals surface area contributed by atoms with Crippen LogP contribution < -0.4 is 5.23 Å². The van der Waals surface area contributed by atoms with E-state index in [0.29, 0.717) is 6.19 Å². The monoisotopic (exact) mass is 204 g/mol. The molecule has 0 unspecified atom stereocenters. The van der Waals surface area contributed by atoms with E-state index >= 15 is 0 Å². The summed E-state index contributed by atoms with van der Waals surface area (Å²) in [5, 5.41) is 12.7. The van der Waals surface area contributed by atoms with Crippen LogP contribution in [-0.2, 0) is 4.79 Å². The van der Waals surface area contributed by atoms with Gasteiger partial charge in [-0.15, -0.1) is 0 Å². The van der Waals surface area contributed by atoms with Crippen LogP contribution in [0, 0.1) is 6.92 Å². The van der Waals surface area contributed by atoms with Crippen molar-refractivity contribution in [2.24, 2.45) is 0 Å². The first kappa shape index (κ1) is 11.9. The van der Waals surface area contributed by atoms with Gasteiger partial charge in [0, 0.05) is 6.04 Å². The van der Waals surface area contributed by atoms with Crippen molar-refractivity contribution in [2.45, 2.75) is 26.0 Å². The lowest BCUT2D eigenvalue weighted by atomic mass is 9.93. The Morgan fingerprint density at radius 1 is 1.40 bits per heavy atom. The highest BCUT2D eigenvalue weighted by atomic mass is 16.3. The molecular formula is C11H15BNO2. The van der Waals surface area contributed by atoms with E-state index in [2.05, 4.69) is 5.23 Å². The quantitative estimate of drug-likeness (QED) is 0.551. The molecule has 2 N–H and O–H groups in total. The molecule has 1 rings (SSSR count). The number of rotatable bonds is 5. The van der Waals surface area contributed by atoms with E-state index in [1.54, 1.807) is 0 Å². The number of carbonyl (C=O) groups excluding carboxylic acids is 1. The van der Waals surface area contributed by atoms with E-state index in [1.807, 2.05) is 38.1 Å². The second-order valence-electron chi connectivity index (χ2n) is 3.61. The minimum absolute atomic E-state index is 0.182. The number of aliphatic hydroxyl groups is 1. The molecule has 0 aliphatic heterocycles. The van der Waals surface area contributed by atoms with Gasteiger partial charge < -0.3 is 15.1 Å². The number of carbonyl (C=O) groups is 1. The summed E-state index contributed by atoms with van der Waals surface area (Å²) in [5.41, 5.74) is 2.01. The summed E-state index contributed by atoms with van der Waals surface area (Å²) in [6.45, 7) is 3.82. The molecule has 0 aromatic heterocycles. The average Bonchev–Trinajstić information content (AvgIpc) is 2.26. The minimum Gasteiger partial charge on any atom is -0.387 e. The zero-order valence-electron chi connectivity index (χ0n) is 8.97. The fraction of sp³-hybridized carbons (Fsp3) is 0.364. The number of benzene rings is 1. The Bertz CT molecular complexity index is 313. The Morgan fingerprint density at radius 3 is 2.53 bits per heavy atom. The van der Waals surface area contributed by atoms with Gasteiger partial charge in [-0.3, -0.25) is 0 Å². The number of aliphatic hydroxyl groups excluding tert-OH is 1. The maximum absolute atomic E-state index is 10.1. The highest BCUT2D eigenvalue weighted by Gasteiger charge is 2.15. The summed E-state index contributed by atoms with van der Waals surface area (Å²) in [7, 11) is 1.29. The van der Waals surface area contributed by atoms with E-state index in [4.69, 9.17) is 0 Å². The Hall–Kier alpha value is -1.13. The molecule has 15 heavy (non-hydrogen) atoms. The fourth-order valence-electron chi connectivity index (χ4n) is 1.33. The van der Waals surface area contributed by atoms with Crippen molar-refractivity contribution < 1.29 is 9.90 Å². The molecule has 1 radical (unpaired) electrons. The lowest BCUT2D eigenvalue weighted by Gasteiger charge is -2.19. The topological polar surface area (TPSA) is 49.3 Å². The van der Waals surface area contributed by atoms with Crippen molar-refractivity contribution in [3.63, 3.8) is 0 Å². The molecule has 0 aliphatic rings. The molecule has 0 spiro atoms. The molecule has 0 amide bonds. The van der Waals surface area contributed by atoms with Crippen molar-refractivity contribution in [1.29, 1.82) is 0 Å². The predicted molar refractivity (Wildman–Crippen MR) is 61.2 cm³/mol. The molecule has 0 fully saturated rings. The van der Waals surface area contributed by atoms with Gasteiger partial charge in [-0.05, 0) is 19.4 Å². The number of hydrogen-bond acceptors (Lipinski definition) is 3. The molecule has 1 aromatic carbocycles. The molecule has 2 atom stereocenters. The van der Waals surface area contributed by atoms with Crippen molar-refractivity contribution in [2.75, 3.05) is 0 Å². The van der Waals surface area contributed by atoms with Crippen LogP contribution in [0.2, 0.25) is 0 Å². The first-order valence-electron chi connectivity index (χ1n) is 4.93. The van der Waals surface area contributed by atoms with E-state index in [0.717, 1.165) is 11.1 Å². The highest BCUT2D eigenvalue weighted by Crippen LogP contribution is 2.16. The van der Waals surface area contributed by atoms with Crippen LogP contribution in [-0.4, -0.2) is 24.7 Å². The Morgan fingerprint density at radius 2 is 2.00 bits per heavy atom. The molecule has 79 valence electrons. The largest absolute Gasteiger partial charge is 0.387 e. The number of hydrogen-bond donors (Lipinski definition) is 2. The zero-order valence-corrected chi connectivity index (χ0v) is 8.97. The Balaban J connectivity index is 2.62. The summed E-state index contributed by atoms with van der Waals surface area (Å²) in [4.78, 5) is 10.1. The fourth-order valence-corrected chi connectivity index (χ4v) is 1.33. The summed E-state index contributed by atoms with van der Waals surface area (Å²) in [6.07, 6.45) is 0.0556. The lowest BCUT2D eigenvalue weighted by Crippen LogP contribution is -2.35. The van der Waals surface area contributed by atoms with Gasteiger partial charge in [0.15, 0.2) is 0 Å². The molecule has 0 heterocycles. The summed E-state index contributed by atoms with van der Waals surface area (Å²) in [6, 6.07) is 7.50. The summed E-state index contributed by atoms with van der Waals surface area (Å²) < 4.78 is 0. The van der Waals surface area contributed by atoms with Crippen molar-refractivity contribution in [1.82, 2.24) is 5.23 Å². The molecule has 1 aromatic rings. The second kappa shape index (κ2) is 5.68. The first-order valence-corrected chi connectivity index (χ1v) is 4.93. The Labute approximate surface area is 90.8 Å². The maximum Gasteiger partial charge on any atom is 0.290 e. The van der Waals surface area contributed by atoms with Gasteiger partial charge in [0.05, 0.1) is 12.3 Å². The maximum atomic E-state index is 10.1. The SMILES string of the molecule is Cc1ccc([C@@H](O)[C@H](C)N[B]C=O)cc1. The number of nitrogens with one attached hydrogen (secondary N) is 1. The molecule has 0 aliphatic carbocycles. The van der Waals surface area contributed by atoms with Crippen LogP contribution in [0.5, 0.6) is 0 Å². The minimum atomic E-state index is -0.609. The van der Waals surface area contributed by atoms with Gasteiger partial charge in [-0.1, -0.05) is 29.8 Å². The first-order chi connectivity index (χ1) is 7.15. The van der Waals surface area contributed by atoms with Gasteiger partial charge in [0.1, 0.15) is 0 Å². The lowest BCUT2D eigenvalue weighted by molar-refractivity contribution is 0.146. The third-order valence-corrected chi connectivity index (χ3v) is 2.32. The van der Waals surface area contributed by atoms with Gasteiger partial charge in [-0.25, -0.2) is 0 Å². The van der Waals surface area contributed by atoms with Crippen LogP contribution in [0.3, 0.4) is 0 Å². The van der Waals surface area contributed by atoms with Crippen LogP contribution in [0.4, 0.5) is 0 Å². The molecule has 0 bridgehead atoms. The van der Waals surface area contributed by atoms with Gasteiger partial charge in [-0.2, -0.15) is 0 Å². The van der Waals surface area contributed by atoms with Gasteiger partial charge >= 0.3 is 0 Å². The van der Waals surface area contributed by atoms with E-state index in [-0.39, 0.29) is 6.04 Å². The van der Waals surface area contributed by atoms with Crippen LogP contribution in [0.25, 0.3) is 0 Å². The standard InChI is InChI=1S/C11H15BNO2/c1-8-3-5-10(6-4-8)11(15)9(2)13-12-7-14/h3-7,9,11,13,15H,1-2H3/t9-,11-/m0/s1. The van der Waals surface area contributed by atoms with Gasteiger partial charge in [0.25, 0.3) is 7.41 Å². The van der Waals surface area contributed by atoms with Crippen molar-refractivity contribution in [3.05, 3.63) is 35.4 Å². The smallest absolute Gasteiger partial charge is 0.290 e.